The monoisotopic (exact) mass is 386 g/mol. The summed E-state index contributed by atoms with van der Waals surface area (Å²) >= 11 is 0. The molecule has 3 rings (SSSR count). The van der Waals surface area contributed by atoms with E-state index in [1.807, 2.05) is 0 Å². The zero-order valence-electron chi connectivity index (χ0n) is 15.0. The highest BCUT2D eigenvalue weighted by atomic mass is 19.1. The third kappa shape index (κ3) is 3.68. The van der Waals surface area contributed by atoms with Gasteiger partial charge in [-0.05, 0) is 36.4 Å². The van der Waals surface area contributed by atoms with Gasteiger partial charge in [0.25, 0.3) is 0 Å². The van der Waals surface area contributed by atoms with Crippen LogP contribution in [0.5, 0.6) is 5.75 Å². The number of ether oxygens (including phenoxy) is 3. The summed E-state index contributed by atoms with van der Waals surface area (Å²) in [5.74, 6) is -1.78. The minimum Gasteiger partial charge on any atom is -0.618 e. The van der Waals surface area contributed by atoms with Gasteiger partial charge < -0.3 is 19.4 Å². The molecule has 0 aliphatic heterocycles. The van der Waals surface area contributed by atoms with Crippen molar-refractivity contribution in [2.45, 2.75) is 6.61 Å². The highest BCUT2D eigenvalue weighted by Gasteiger charge is 2.28. The molecule has 8 nitrogen and oxygen atoms in total. The Morgan fingerprint density at radius 2 is 1.82 bits per heavy atom. The van der Waals surface area contributed by atoms with E-state index in [9.17, 15) is 19.2 Å². The molecule has 0 fully saturated rings. The van der Waals surface area contributed by atoms with E-state index in [-0.39, 0.29) is 22.3 Å². The van der Waals surface area contributed by atoms with Crippen molar-refractivity contribution >= 4 is 23.0 Å². The number of hydrogen-bond donors (Lipinski definition) is 0. The van der Waals surface area contributed by atoms with E-state index >= 15 is 0 Å². The van der Waals surface area contributed by atoms with Gasteiger partial charge in [0, 0.05) is 0 Å². The maximum Gasteiger partial charge on any atom is 0.406 e. The van der Waals surface area contributed by atoms with Crippen molar-refractivity contribution in [1.82, 2.24) is 4.98 Å². The summed E-state index contributed by atoms with van der Waals surface area (Å²) in [7, 11) is 2.56. The number of aromatic nitrogens is 2. The fourth-order valence-electron chi connectivity index (χ4n) is 2.52. The van der Waals surface area contributed by atoms with Crippen molar-refractivity contribution in [3.05, 3.63) is 70.4 Å². The molecule has 0 radical (unpaired) electrons. The summed E-state index contributed by atoms with van der Waals surface area (Å²) in [6, 6.07) is 9.30. The van der Waals surface area contributed by atoms with Gasteiger partial charge in [0.1, 0.15) is 23.7 Å². The third-order valence-corrected chi connectivity index (χ3v) is 3.93. The maximum absolute atomic E-state index is 13.0. The van der Waals surface area contributed by atoms with E-state index in [2.05, 4.69) is 9.72 Å². The zero-order chi connectivity index (χ0) is 20.3. The quantitative estimate of drug-likeness (QED) is 0.376. The molecule has 2 aromatic carbocycles. The van der Waals surface area contributed by atoms with E-state index in [0.717, 1.165) is 19.2 Å². The van der Waals surface area contributed by atoms with Gasteiger partial charge in [0.2, 0.25) is 5.52 Å². The van der Waals surface area contributed by atoms with Crippen molar-refractivity contribution < 1.29 is 32.9 Å². The molecule has 0 aliphatic rings. The van der Waals surface area contributed by atoms with Crippen LogP contribution in [0, 0.1) is 11.0 Å². The maximum atomic E-state index is 13.0. The molecule has 0 N–H and O–H groups in total. The van der Waals surface area contributed by atoms with Crippen LogP contribution in [0.15, 0.2) is 42.5 Å². The Morgan fingerprint density at radius 1 is 1.11 bits per heavy atom. The number of carbonyl (C=O) groups is 2. The average molecular weight is 386 g/mol. The van der Waals surface area contributed by atoms with Crippen LogP contribution in [0.4, 0.5) is 4.39 Å². The number of rotatable bonds is 5. The van der Waals surface area contributed by atoms with Gasteiger partial charge in [-0.15, -0.1) is 0 Å². The summed E-state index contributed by atoms with van der Waals surface area (Å²) in [5.41, 5.74) is -0.00340. The summed E-state index contributed by atoms with van der Waals surface area (Å²) in [6.45, 7) is -0.454. The highest BCUT2D eigenvalue weighted by molar-refractivity contribution is 5.90. The van der Waals surface area contributed by atoms with E-state index in [1.54, 1.807) is 6.07 Å². The van der Waals surface area contributed by atoms with Gasteiger partial charge in [-0.2, -0.15) is 4.73 Å². The van der Waals surface area contributed by atoms with Crippen LogP contribution in [-0.2, 0) is 16.1 Å². The molecule has 0 unspecified atom stereocenters. The molecule has 0 spiro atoms. The predicted molar refractivity (Wildman–Crippen MR) is 94.1 cm³/mol. The van der Waals surface area contributed by atoms with Crippen LogP contribution >= 0.6 is 0 Å². The van der Waals surface area contributed by atoms with Gasteiger partial charge in [-0.3, -0.25) is 0 Å². The van der Waals surface area contributed by atoms with E-state index < -0.39 is 30.1 Å². The molecule has 0 atom stereocenters. The largest absolute Gasteiger partial charge is 0.618 e. The minimum atomic E-state index is -0.931. The molecular formula is C19H15FN2O6. The van der Waals surface area contributed by atoms with E-state index in [4.69, 9.17) is 9.47 Å². The Bertz CT molecular complexity index is 1050. The van der Waals surface area contributed by atoms with Crippen LogP contribution in [0.2, 0.25) is 0 Å². The van der Waals surface area contributed by atoms with Gasteiger partial charge >= 0.3 is 17.6 Å². The Morgan fingerprint density at radius 3 is 2.46 bits per heavy atom. The smallest absolute Gasteiger partial charge is 0.406 e. The molecule has 0 saturated carbocycles. The first-order valence-corrected chi connectivity index (χ1v) is 8.05. The molecule has 0 bridgehead atoms. The number of nitrogens with zero attached hydrogens (tertiary/aromatic N) is 2. The number of carbonyl (C=O) groups excluding carboxylic acids is 2. The molecule has 28 heavy (non-hydrogen) atoms. The summed E-state index contributed by atoms with van der Waals surface area (Å²) in [4.78, 5) is 28.5. The first-order valence-electron chi connectivity index (χ1n) is 8.05. The van der Waals surface area contributed by atoms with Gasteiger partial charge in [0.15, 0.2) is 5.69 Å². The highest BCUT2D eigenvalue weighted by Crippen LogP contribution is 2.19. The van der Waals surface area contributed by atoms with Crippen molar-refractivity contribution in [3.63, 3.8) is 0 Å². The van der Waals surface area contributed by atoms with E-state index in [0.29, 0.717) is 10.5 Å². The number of hydrogen-bond acceptors (Lipinski definition) is 7. The molecule has 144 valence electrons. The fraction of sp³-hybridized carbons (Fsp3) is 0.158. The van der Waals surface area contributed by atoms with Gasteiger partial charge in [-0.25, -0.2) is 19.0 Å². The molecule has 3 aromatic rings. The Balaban J connectivity index is 1.97. The lowest BCUT2D eigenvalue weighted by Gasteiger charge is -2.11. The summed E-state index contributed by atoms with van der Waals surface area (Å²) in [6.07, 6.45) is 0. The van der Waals surface area contributed by atoms with Crippen molar-refractivity contribution in [2.24, 2.45) is 0 Å². The normalized spacial score (nSPS) is 10.5. The third-order valence-electron chi connectivity index (χ3n) is 3.93. The predicted octanol–water partition coefficient (Wildman–Crippen LogP) is 2.16. The number of esters is 2. The van der Waals surface area contributed by atoms with Crippen molar-refractivity contribution in [1.29, 1.82) is 0 Å². The Labute approximate surface area is 158 Å². The number of methoxy groups -OCH3 is 2. The zero-order valence-corrected chi connectivity index (χ0v) is 15.0. The molecule has 1 aromatic heterocycles. The van der Waals surface area contributed by atoms with Crippen LogP contribution in [0.3, 0.4) is 0 Å². The number of fused-ring (bicyclic) bond motifs is 1. The Hall–Kier alpha value is -3.75. The lowest BCUT2D eigenvalue weighted by molar-refractivity contribution is -0.581. The summed E-state index contributed by atoms with van der Waals surface area (Å²) in [5, 5.41) is 12.7. The molecule has 0 amide bonds. The molecule has 1 heterocycles. The second kappa shape index (κ2) is 7.87. The number of benzene rings is 2. The molecule has 0 aliphatic carbocycles. The standard InChI is InChI=1S/C19H15FN2O6/c1-26-13-7-8-14-16(9-13)22(25)17(19(24)27-2)15(21-14)10-28-18(23)11-3-5-12(20)6-4-11/h3-9H,10H2,1-2H3. The second-order valence-corrected chi connectivity index (χ2v) is 5.63. The summed E-state index contributed by atoms with van der Waals surface area (Å²) < 4.78 is 28.2. The second-order valence-electron chi connectivity index (χ2n) is 5.63. The lowest BCUT2D eigenvalue weighted by atomic mass is 10.2. The van der Waals surface area contributed by atoms with Gasteiger partial charge in [0.05, 0.1) is 25.8 Å². The SMILES string of the molecule is COC(=O)c1c(COC(=O)c2ccc(F)cc2)nc2ccc(OC)cc2[n+]1[O-]. The number of halogens is 1. The lowest BCUT2D eigenvalue weighted by Crippen LogP contribution is -2.38. The van der Waals surface area contributed by atoms with Crippen LogP contribution < -0.4 is 9.47 Å². The Kier molecular flexibility index (Phi) is 5.35. The van der Waals surface area contributed by atoms with Crippen molar-refractivity contribution in [3.8, 4) is 5.75 Å². The van der Waals surface area contributed by atoms with Gasteiger partial charge in [-0.1, -0.05) is 0 Å². The topological polar surface area (TPSA) is 102 Å². The van der Waals surface area contributed by atoms with Crippen molar-refractivity contribution in [2.75, 3.05) is 14.2 Å². The minimum absolute atomic E-state index is 0.0741. The van der Waals surface area contributed by atoms with Crippen LogP contribution in [-0.4, -0.2) is 31.1 Å². The molecule has 0 saturated heterocycles. The van der Waals surface area contributed by atoms with E-state index in [1.165, 1.54) is 31.4 Å². The first kappa shape index (κ1) is 19.0. The molecular weight excluding hydrogens is 371 g/mol. The molecule has 9 heteroatoms. The van der Waals surface area contributed by atoms with Crippen LogP contribution in [0.25, 0.3) is 11.0 Å². The fourth-order valence-corrected chi connectivity index (χ4v) is 2.52. The van der Waals surface area contributed by atoms with Crippen LogP contribution in [0.1, 0.15) is 26.5 Å². The first-order chi connectivity index (χ1) is 13.4. The average Bonchev–Trinajstić information content (AvgIpc) is 2.71.